The van der Waals surface area contributed by atoms with Gasteiger partial charge >= 0.3 is 5.97 Å². The third-order valence-corrected chi connectivity index (χ3v) is 8.25. The number of H-pyrrole nitrogens is 1. The molecule has 4 aromatic rings. The summed E-state index contributed by atoms with van der Waals surface area (Å²) in [6.07, 6.45) is 1.33. The minimum Gasteiger partial charge on any atom is -0.462 e. The van der Waals surface area contributed by atoms with Crippen LogP contribution in [-0.2, 0) is 11.2 Å². The van der Waals surface area contributed by atoms with Crippen molar-refractivity contribution in [2.75, 3.05) is 17.7 Å². The van der Waals surface area contributed by atoms with Gasteiger partial charge in [0.1, 0.15) is 16.6 Å². The first-order valence-corrected chi connectivity index (χ1v) is 13.8. The van der Waals surface area contributed by atoms with E-state index in [1.165, 1.54) is 11.3 Å². The quantitative estimate of drug-likeness (QED) is 0.171. The Bertz CT molecular complexity index is 1720. The molecule has 1 aliphatic carbocycles. The van der Waals surface area contributed by atoms with E-state index >= 15 is 0 Å². The Labute approximate surface area is 236 Å². The number of carbonyl (C=O) groups excluding carboxylic acids is 1. The number of nitrogens with two attached hydrogens (primary N) is 1. The lowest BCUT2D eigenvalue weighted by atomic mass is 9.83. The summed E-state index contributed by atoms with van der Waals surface area (Å²) in [6, 6.07) is 13.7. The predicted molar refractivity (Wildman–Crippen MR) is 154 cm³/mol. The number of thiophene rings is 1. The summed E-state index contributed by atoms with van der Waals surface area (Å²) in [4.78, 5) is 27.3. The van der Waals surface area contributed by atoms with Crippen LogP contribution >= 0.6 is 34.5 Å². The molecule has 12 heteroatoms. The molecule has 4 N–H and O–H groups in total. The van der Waals surface area contributed by atoms with Crippen molar-refractivity contribution in [3.05, 3.63) is 96.2 Å². The molecule has 3 heterocycles. The van der Waals surface area contributed by atoms with Gasteiger partial charge in [-0.1, -0.05) is 35.3 Å². The Morgan fingerprint density at radius 3 is 2.49 bits per heavy atom. The third kappa shape index (κ3) is 4.44. The second-order valence-corrected chi connectivity index (χ2v) is 11.0. The molecule has 2 aliphatic rings. The number of rotatable bonds is 5. The second kappa shape index (κ2) is 10.0. The normalized spacial score (nSPS) is 16.0. The van der Waals surface area contributed by atoms with E-state index in [0.29, 0.717) is 45.0 Å². The van der Waals surface area contributed by atoms with Crippen LogP contribution < -0.4 is 16.6 Å². The van der Waals surface area contributed by atoms with Crippen molar-refractivity contribution in [1.29, 1.82) is 0 Å². The summed E-state index contributed by atoms with van der Waals surface area (Å²) in [5, 5.41) is 16.5. The van der Waals surface area contributed by atoms with E-state index in [4.69, 9.17) is 33.7 Å². The molecule has 1 aliphatic heterocycles. The number of aryl methyl sites for hydroxylation is 1. The lowest BCUT2D eigenvalue weighted by molar-refractivity contribution is 0.0527. The molecular formula is C27H22Cl2N6O3S. The number of esters is 1. The lowest BCUT2D eigenvalue weighted by Gasteiger charge is -2.35. The van der Waals surface area contributed by atoms with Crippen LogP contribution in [-0.4, -0.2) is 22.4 Å². The molecule has 0 bridgehead atoms. The number of nitrogens with zero attached hydrogens (tertiary/aromatic N) is 3. The van der Waals surface area contributed by atoms with Crippen LogP contribution in [0.4, 0.5) is 22.2 Å². The summed E-state index contributed by atoms with van der Waals surface area (Å²) in [5.74, 6) is 0.00102. The van der Waals surface area contributed by atoms with E-state index in [1.54, 1.807) is 48.0 Å². The topological polar surface area (TPSA) is 127 Å². The second-order valence-electron chi connectivity index (χ2n) is 9.02. The van der Waals surface area contributed by atoms with Crippen LogP contribution in [0.25, 0.3) is 5.57 Å². The smallest absolute Gasteiger partial charge is 0.341 e. The fourth-order valence-corrected chi connectivity index (χ4v) is 6.34. The van der Waals surface area contributed by atoms with Gasteiger partial charge in [0, 0.05) is 31.8 Å². The first kappa shape index (κ1) is 25.4. The number of halogens is 2. The van der Waals surface area contributed by atoms with Crippen LogP contribution in [0.1, 0.15) is 45.7 Å². The molecule has 1 atom stereocenters. The van der Waals surface area contributed by atoms with Gasteiger partial charge in [-0.05, 0) is 61.7 Å². The Kier molecular flexibility index (Phi) is 6.54. The fraction of sp³-hybridized carbons (Fsp3) is 0.185. The standard InChI is InChI=1S/C27H22Cl2N6O3S/c1-2-38-27(37)21-20-18(39-24(21)30)12-11-17-19(20)23(13-3-5-14(28)6-4-13)35-25(31-17)22(26(36)34-35)33-32-16-9-7-15(29)8-10-16/h3-10,23,31H,2,11-12,30H2,1H3,(H,34,36). The highest BCUT2D eigenvalue weighted by atomic mass is 35.5. The first-order chi connectivity index (χ1) is 18.9. The summed E-state index contributed by atoms with van der Waals surface area (Å²) in [5.41, 5.74) is 10.3. The molecule has 0 saturated carbocycles. The summed E-state index contributed by atoms with van der Waals surface area (Å²) in [7, 11) is 0. The van der Waals surface area contributed by atoms with Crippen LogP contribution in [0.3, 0.4) is 0 Å². The highest BCUT2D eigenvalue weighted by Crippen LogP contribution is 2.51. The van der Waals surface area contributed by atoms with E-state index in [1.807, 2.05) is 12.1 Å². The number of azo groups is 1. The molecule has 6 rings (SSSR count). The highest BCUT2D eigenvalue weighted by molar-refractivity contribution is 7.16. The van der Waals surface area contributed by atoms with Gasteiger partial charge in [0.25, 0.3) is 5.56 Å². The Hall–Kier alpha value is -3.86. The largest absolute Gasteiger partial charge is 0.462 e. The van der Waals surface area contributed by atoms with Crippen molar-refractivity contribution in [2.45, 2.75) is 25.8 Å². The van der Waals surface area contributed by atoms with Crippen LogP contribution in [0.5, 0.6) is 0 Å². The van der Waals surface area contributed by atoms with Crippen molar-refractivity contribution in [3.8, 4) is 0 Å². The number of benzene rings is 2. The minimum atomic E-state index is -0.498. The summed E-state index contributed by atoms with van der Waals surface area (Å²) in [6.45, 7) is 1.98. The molecule has 0 saturated heterocycles. The first-order valence-electron chi connectivity index (χ1n) is 12.2. The maximum Gasteiger partial charge on any atom is 0.341 e. The van der Waals surface area contributed by atoms with Crippen LogP contribution in [0.2, 0.25) is 10.0 Å². The van der Waals surface area contributed by atoms with E-state index in [-0.39, 0.29) is 12.3 Å². The highest BCUT2D eigenvalue weighted by Gasteiger charge is 2.40. The number of fused-ring (bicyclic) bond motifs is 3. The van der Waals surface area contributed by atoms with Gasteiger partial charge in [-0.15, -0.1) is 16.5 Å². The summed E-state index contributed by atoms with van der Waals surface area (Å²) >= 11 is 13.6. The zero-order valence-corrected chi connectivity index (χ0v) is 23.0. The number of aromatic nitrogens is 2. The van der Waals surface area contributed by atoms with Gasteiger partial charge in [0.15, 0.2) is 11.5 Å². The van der Waals surface area contributed by atoms with Gasteiger partial charge in [0.2, 0.25) is 0 Å². The molecule has 39 heavy (non-hydrogen) atoms. The number of nitrogen functional groups attached to an aromatic ring is 1. The number of hydrogen-bond acceptors (Lipinski definition) is 8. The van der Waals surface area contributed by atoms with Crippen molar-refractivity contribution in [2.24, 2.45) is 10.2 Å². The SMILES string of the molecule is CCOC(=O)c1c(N)sc2c1C1=C(CC2)Nc2c(N=Nc3ccc(Cl)cc3)c(=O)[nH]n2C1c1ccc(Cl)cc1. The molecule has 0 fully saturated rings. The molecule has 0 spiro atoms. The van der Waals surface area contributed by atoms with E-state index in [9.17, 15) is 9.59 Å². The van der Waals surface area contributed by atoms with Crippen molar-refractivity contribution in [3.63, 3.8) is 0 Å². The Morgan fingerprint density at radius 2 is 1.79 bits per heavy atom. The fourth-order valence-electron chi connectivity index (χ4n) is 5.01. The predicted octanol–water partition coefficient (Wildman–Crippen LogP) is 7.09. The van der Waals surface area contributed by atoms with Crippen LogP contribution in [0, 0.1) is 0 Å². The van der Waals surface area contributed by atoms with E-state index < -0.39 is 17.6 Å². The number of ether oxygens (including phenoxy) is 1. The zero-order valence-electron chi connectivity index (χ0n) is 20.6. The number of hydrogen-bond donors (Lipinski definition) is 3. The average Bonchev–Trinajstić information content (AvgIpc) is 3.42. The van der Waals surface area contributed by atoms with Gasteiger partial charge in [0.05, 0.1) is 12.3 Å². The number of nitrogens with one attached hydrogen (secondary N) is 2. The van der Waals surface area contributed by atoms with E-state index in [2.05, 4.69) is 20.6 Å². The van der Waals surface area contributed by atoms with Gasteiger partial charge in [-0.2, -0.15) is 5.11 Å². The van der Waals surface area contributed by atoms with Crippen molar-refractivity contribution >= 4 is 68.3 Å². The van der Waals surface area contributed by atoms with Crippen molar-refractivity contribution in [1.82, 2.24) is 9.78 Å². The molecule has 2 aromatic carbocycles. The zero-order chi connectivity index (χ0) is 27.3. The Morgan fingerprint density at radius 1 is 1.10 bits per heavy atom. The van der Waals surface area contributed by atoms with E-state index in [0.717, 1.165) is 27.3 Å². The molecule has 198 valence electrons. The monoisotopic (exact) mass is 580 g/mol. The third-order valence-electron chi connectivity index (χ3n) is 6.67. The van der Waals surface area contributed by atoms with Crippen LogP contribution in [0.15, 0.2) is 69.3 Å². The maximum atomic E-state index is 13.2. The maximum absolute atomic E-state index is 13.2. The van der Waals surface area contributed by atoms with Gasteiger partial charge in [-0.3, -0.25) is 14.6 Å². The van der Waals surface area contributed by atoms with Crippen molar-refractivity contribution < 1.29 is 9.53 Å². The lowest BCUT2D eigenvalue weighted by Crippen LogP contribution is -2.28. The number of carbonyl (C=O) groups is 1. The summed E-state index contributed by atoms with van der Waals surface area (Å²) < 4.78 is 7.09. The molecule has 0 radical (unpaired) electrons. The average molecular weight is 581 g/mol. The Balaban J connectivity index is 1.54. The number of aromatic amines is 1. The number of allylic oxidation sites excluding steroid dienone is 2. The minimum absolute atomic E-state index is 0.136. The van der Waals surface area contributed by atoms with Gasteiger partial charge in [-0.25, -0.2) is 4.79 Å². The number of anilines is 2. The molecule has 0 amide bonds. The van der Waals surface area contributed by atoms with Gasteiger partial charge < -0.3 is 15.8 Å². The molecular weight excluding hydrogens is 559 g/mol. The molecule has 9 nitrogen and oxygen atoms in total. The molecule has 1 unspecified atom stereocenters. The molecule has 2 aromatic heterocycles.